The molecule has 9 nitrogen and oxygen atoms in total. The number of methoxy groups -OCH3 is 1. The number of amides is 1. The van der Waals surface area contributed by atoms with E-state index in [2.05, 4.69) is 16.0 Å². The van der Waals surface area contributed by atoms with Gasteiger partial charge in [-0.25, -0.2) is 9.69 Å². The maximum atomic E-state index is 12.9. The molecule has 4 aliphatic rings. The fourth-order valence-electron chi connectivity index (χ4n) is 5.49. The molecule has 2 aromatic rings. The predicted octanol–water partition coefficient (Wildman–Crippen LogP) is 4.53. The number of ether oxygens (including phenoxy) is 4. The number of piperidine rings is 1. The zero-order valence-electron chi connectivity index (χ0n) is 21.3. The number of aliphatic hydroxyl groups is 1. The fourth-order valence-corrected chi connectivity index (χ4v) is 5.49. The van der Waals surface area contributed by atoms with Crippen LogP contribution < -0.4 is 4.74 Å². The summed E-state index contributed by atoms with van der Waals surface area (Å²) in [4.78, 5) is 21.0. The molecule has 4 heterocycles. The molecule has 38 heavy (non-hydrogen) atoms. The number of fused-ring (bicyclic) bond motifs is 1. The van der Waals surface area contributed by atoms with Gasteiger partial charge in [0.1, 0.15) is 17.6 Å². The van der Waals surface area contributed by atoms with Crippen LogP contribution in [0.5, 0.6) is 5.75 Å². The number of hydrogen-bond donors (Lipinski definition) is 1. The van der Waals surface area contributed by atoms with E-state index in [0.29, 0.717) is 50.7 Å². The summed E-state index contributed by atoms with van der Waals surface area (Å²) in [5.74, 6) is 1.69. The van der Waals surface area contributed by atoms with Gasteiger partial charge in [0.2, 0.25) is 5.88 Å². The van der Waals surface area contributed by atoms with Crippen molar-refractivity contribution in [2.45, 2.75) is 37.4 Å². The molecule has 2 saturated heterocycles. The number of allylic oxidation sites excluding steroid dienone is 4. The first-order valence-corrected chi connectivity index (χ1v) is 13.0. The van der Waals surface area contributed by atoms with Gasteiger partial charge in [0.05, 0.1) is 25.3 Å². The molecule has 0 radical (unpaired) electrons. The highest BCUT2D eigenvalue weighted by molar-refractivity contribution is 5.83. The molecule has 6 rings (SSSR count). The molecule has 2 fully saturated rings. The number of benzene rings is 1. The van der Waals surface area contributed by atoms with Crippen molar-refractivity contribution < 1.29 is 28.8 Å². The lowest BCUT2D eigenvalue weighted by Gasteiger charge is -2.38. The van der Waals surface area contributed by atoms with Crippen LogP contribution in [0.15, 0.2) is 78.4 Å². The zero-order valence-corrected chi connectivity index (χ0v) is 21.3. The Morgan fingerprint density at radius 3 is 2.87 bits per heavy atom. The molecule has 0 saturated carbocycles. The third-order valence-corrected chi connectivity index (χ3v) is 7.67. The second-order valence-corrected chi connectivity index (χ2v) is 10.1. The first-order chi connectivity index (χ1) is 18.5. The molecule has 0 bridgehead atoms. The van der Waals surface area contributed by atoms with Crippen molar-refractivity contribution in [3.63, 3.8) is 0 Å². The van der Waals surface area contributed by atoms with Crippen LogP contribution in [0.1, 0.15) is 37.4 Å². The number of aromatic nitrogens is 1. The third-order valence-electron chi connectivity index (χ3n) is 7.67. The largest absolute Gasteiger partial charge is 0.497 e. The molecule has 3 aliphatic heterocycles. The molecule has 1 spiro atoms. The quantitative estimate of drug-likeness (QED) is 0.598. The van der Waals surface area contributed by atoms with Crippen molar-refractivity contribution in [1.82, 2.24) is 14.8 Å². The standard InChI is InChI=1S/C29H31N3O6/c1-35-21-7-8-24-23(15-21)22(9-12-30-24)25(33)16-31-13-10-29(11-14-31)19-32(28(34)38-29)27-18-36-17-26(37-27)20-5-3-2-4-6-20/h2-3,5,7-9,12,15,17-18,25,33H,4,6,10-11,13-14,16,19H2,1H3. The van der Waals surface area contributed by atoms with Crippen LogP contribution in [0.25, 0.3) is 10.9 Å². The normalized spacial score (nSPS) is 21.8. The summed E-state index contributed by atoms with van der Waals surface area (Å²) in [6.07, 6.45) is 12.9. The Morgan fingerprint density at radius 2 is 2.08 bits per heavy atom. The number of rotatable bonds is 6. The van der Waals surface area contributed by atoms with Crippen molar-refractivity contribution >= 4 is 17.0 Å². The van der Waals surface area contributed by atoms with E-state index in [0.717, 1.165) is 40.6 Å². The lowest BCUT2D eigenvalue weighted by molar-refractivity contribution is -0.0101. The van der Waals surface area contributed by atoms with Crippen LogP contribution in [0.4, 0.5) is 4.79 Å². The fraction of sp³-hybridized carbons (Fsp3) is 0.379. The minimum Gasteiger partial charge on any atom is -0.497 e. The molecule has 1 aliphatic carbocycles. The molecule has 1 N–H and O–H groups in total. The summed E-state index contributed by atoms with van der Waals surface area (Å²) in [5.41, 5.74) is 2.08. The molecular formula is C29H31N3O6. The van der Waals surface area contributed by atoms with Crippen LogP contribution >= 0.6 is 0 Å². The van der Waals surface area contributed by atoms with Crippen molar-refractivity contribution in [2.24, 2.45) is 0 Å². The van der Waals surface area contributed by atoms with Crippen LogP contribution in [0.2, 0.25) is 0 Å². The van der Waals surface area contributed by atoms with Gasteiger partial charge < -0.3 is 29.0 Å². The summed E-state index contributed by atoms with van der Waals surface area (Å²) >= 11 is 0. The van der Waals surface area contributed by atoms with Crippen LogP contribution in [-0.2, 0) is 14.2 Å². The number of carbonyl (C=O) groups is 1. The highest BCUT2D eigenvalue weighted by Gasteiger charge is 2.49. The molecule has 1 atom stereocenters. The van der Waals surface area contributed by atoms with Gasteiger partial charge >= 0.3 is 6.09 Å². The topological polar surface area (TPSA) is 93.6 Å². The van der Waals surface area contributed by atoms with Gasteiger partial charge in [-0.15, -0.1) is 0 Å². The van der Waals surface area contributed by atoms with E-state index in [1.165, 1.54) is 11.2 Å². The van der Waals surface area contributed by atoms with Gasteiger partial charge in [-0.2, -0.15) is 0 Å². The first-order valence-electron chi connectivity index (χ1n) is 13.0. The highest BCUT2D eigenvalue weighted by atomic mass is 16.6. The molecular weight excluding hydrogens is 486 g/mol. The second-order valence-electron chi connectivity index (χ2n) is 10.1. The second kappa shape index (κ2) is 10.2. The van der Waals surface area contributed by atoms with Crippen molar-refractivity contribution in [1.29, 1.82) is 0 Å². The van der Waals surface area contributed by atoms with E-state index in [1.54, 1.807) is 19.6 Å². The first kappa shape index (κ1) is 24.5. The average molecular weight is 518 g/mol. The number of pyridine rings is 1. The van der Waals surface area contributed by atoms with Gasteiger partial charge in [0, 0.05) is 44.1 Å². The summed E-state index contributed by atoms with van der Waals surface area (Å²) in [6, 6.07) is 7.53. The maximum Gasteiger partial charge on any atom is 0.417 e. The maximum absolute atomic E-state index is 12.9. The van der Waals surface area contributed by atoms with Gasteiger partial charge in [0.25, 0.3) is 0 Å². The molecule has 1 aromatic carbocycles. The number of β-amino-alcohol motifs (C(OH)–C–C–N with tert-alkyl or cyclic N) is 1. The van der Waals surface area contributed by atoms with Crippen molar-refractivity contribution in [2.75, 3.05) is 33.3 Å². The summed E-state index contributed by atoms with van der Waals surface area (Å²) in [7, 11) is 1.62. The Hall–Kier alpha value is -3.82. The summed E-state index contributed by atoms with van der Waals surface area (Å²) < 4.78 is 22.8. The number of aliphatic hydroxyl groups excluding tert-OH is 1. The summed E-state index contributed by atoms with van der Waals surface area (Å²) in [6.45, 7) is 2.28. The molecule has 198 valence electrons. The van der Waals surface area contributed by atoms with E-state index in [-0.39, 0.29) is 0 Å². The molecule has 1 unspecified atom stereocenters. The predicted molar refractivity (Wildman–Crippen MR) is 140 cm³/mol. The van der Waals surface area contributed by atoms with E-state index in [9.17, 15) is 9.90 Å². The zero-order chi connectivity index (χ0) is 26.1. The lowest BCUT2D eigenvalue weighted by atomic mass is 9.91. The monoisotopic (exact) mass is 517 g/mol. The Morgan fingerprint density at radius 1 is 1.21 bits per heavy atom. The highest BCUT2D eigenvalue weighted by Crippen LogP contribution is 2.38. The van der Waals surface area contributed by atoms with Crippen LogP contribution in [0.3, 0.4) is 0 Å². The van der Waals surface area contributed by atoms with Gasteiger partial charge in [-0.1, -0.05) is 18.2 Å². The molecule has 1 amide bonds. The summed E-state index contributed by atoms with van der Waals surface area (Å²) in [5, 5.41) is 12.0. The number of hydrogen-bond acceptors (Lipinski definition) is 8. The lowest BCUT2D eigenvalue weighted by Crippen LogP contribution is -2.47. The average Bonchev–Trinajstić information content (AvgIpc) is 3.29. The van der Waals surface area contributed by atoms with Crippen molar-refractivity contribution in [3.05, 3.63) is 84.0 Å². The smallest absolute Gasteiger partial charge is 0.417 e. The Balaban J connectivity index is 1.08. The van der Waals surface area contributed by atoms with Gasteiger partial charge in [0.15, 0.2) is 12.0 Å². The number of likely N-dealkylation sites (tertiary alicyclic amines) is 1. The number of nitrogens with zero attached hydrogens (tertiary/aromatic N) is 3. The van der Waals surface area contributed by atoms with Gasteiger partial charge in [-0.05, 0) is 48.2 Å². The molecule has 1 aromatic heterocycles. The third kappa shape index (κ3) is 4.75. The van der Waals surface area contributed by atoms with Crippen LogP contribution in [0, 0.1) is 0 Å². The van der Waals surface area contributed by atoms with E-state index in [1.807, 2.05) is 36.4 Å². The van der Waals surface area contributed by atoms with E-state index < -0.39 is 17.8 Å². The van der Waals surface area contributed by atoms with Gasteiger partial charge in [-0.3, -0.25) is 4.98 Å². The Bertz CT molecular complexity index is 1360. The number of carbonyl (C=O) groups excluding carboxylic acids is 1. The van der Waals surface area contributed by atoms with Crippen molar-refractivity contribution in [3.8, 4) is 5.75 Å². The minimum atomic E-state index is -0.684. The van der Waals surface area contributed by atoms with Crippen LogP contribution in [-0.4, -0.2) is 64.9 Å². The van der Waals surface area contributed by atoms with E-state index in [4.69, 9.17) is 18.9 Å². The Labute approximate surface area is 221 Å². The van der Waals surface area contributed by atoms with E-state index >= 15 is 0 Å². The Kier molecular flexibility index (Phi) is 6.55. The minimum absolute atomic E-state index is 0.345. The molecule has 9 heteroatoms. The SMILES string of the molecule is COc1ccc2nccc(C(O)CN3CCC4(CC3)CN(C3=COC=C(C5=CC=CCC5)O3)C(=O)O4)c2c1.